The molecular formula is C15H13Cl3N4O. The summed E-state index contributed by atoms with van der Waals surface area (Å²) >= 11 is 17.6. The van der Waals surface area contributed by atoms with Gasteiger partial charge in [-0.3, -0.25) is 4.79 Å². The molecule has 0 aliphatic heterocycles. The van der Waals surface area contributed by atoms with Crippen molar-refractivity contribution in [2.24, 2.45) is 5.10 Å². The lowest BCUT2D eigenvalue weighted by atomic mass is 10.1. The minimum atomic E-state index is -0.633. The number of amides is 1. The number of halogens is 3. The highest BCUT2D eigenvalue weighted by molar-refractivity contribution is 6.46. The van der Waals surface area contributed by atoms with E-state index in [0.717, 1.165) is 11.1 Å². The van der Waals surface area contributed by atoms with Crippen LogP contribution in [0, 0.1) is 6.92 Å². The highest BCUT2D eigenvalue weighted by atomic mass is 35.5. The molecule has 1 aromatic carbocycles. The maximum Gasteiger partial charge on any atom is 0.291 e. The Balaban J connectivity index is 2.23. The minimum Gasteiger partial charge on any atom is -0.396 e. The third-order valence-electron chi connectivity index (χ3n) is 3.08. The third-order valence-corrected chi connectivity index (χ3v) is 4.22. The van der Waals surface area contributed by atoms with Gasteiger partial charge in [0.25, 0.3) is 5.91 Å². The van der Waals surface area contributed by atoms with Gasteiger partial charge in [-0.1, -0.05) is 64.6 Å². The Morgan fingerprint density at radius 3 is 2.39 bits per heavy atom. The smallest absolute Gasteiger partial charge is 0.291 e. The van der Waals surface area contributed by atoms with E-state index < -0.39 is 5.91 Å². The molecule has 120 valence electrons. The number of aryl methyl sites for hydroxylation is 1. The van der Waals surface area contributed by atoms with Crippen LogP contribution >= 0.6 is 34.8 Å². The van der Waals surface area contributed by atoms with Gasteiger partial charge in [-0.05, 0) is 19.4 Å². The summed E-state index contributed by atoms with van der Waals surface area (Å²) in [7, 11) is 0. The van der Waals surface area contributed by atoms with E-state index in [-0.39, 0.29) is 26.6 Å². The Hall–Kier alpha value is -1.82. The first-order valence-electron chi connectivity index (χ1n) is 6.53. The molecule has 0 fully saturated rings. The quantitative estimate of drug-likeness (QED) is 0.484. The van der Waals surface area contributed by atoms with Crippen molar-refractivity contribution >= 4 is 52.1 Å². The van der Waals surface area contributed by atoms with Crippen molar-refractivity contribution in [1.29, 1.82) is 0 Å². The number of nitrogens with one attached hydrogen (secondary N) is 1. The lowest BCUT2D eigenvalue weighted by Crippen LogP contribution is -2.21. The standard InChI is InChI=1S/C15H13Cl3N4O/c1-7-3-5-9(6-4-7)8(2)21-22-15(23)13-10(16)12(19)11(17)14(18)20-13/h3-6H,1-2H3,(H2,19,20)(H,22,23)/b21-8+. The van der Waals surface area contributed by atoms with E-state index in [9.17, 15) is 4.79 Å². The highest BCUT2D eigenvalue weighted by Crippen LogP contribution is 2.34. The molecule has 0 saturated heterocycles. The molecule has 0 radical (unpaired) electrons. The second-order valence-electron chi connectivity index (χ2n) is 4.80. The predicted octanol–water partition coefficient (Wildman–Crippen LogP) is 4.09. The number of benzene rings is 1. The van der Waals surface area contributed by atoms with Crippen molar-refractivity contribution in [1.82, 2.24) is 10.4 Å². The maximum absolute atomic E-state index is 12.1. The fourth-order valence-electron chi connectivity index (χ4n) is 1.73. The first-order chi connectivity index (χ1) is 10.8. The summed E-state index contributed by atoms with van der Waals surface area (Å²) in [5, 5.41) is 3.86. The van der Waals surface area contributed by atoms with Crippen LogP contribution in [0.15, 0.2) is 29.4 Å². The van der Waals surface area contributed by atoms with Crippen molar-refractivity contribution < 1.29 is 4.79 Å². The summed E-state index contributed by atoms with van der Waals surface area (Å²) in [5.74, 6) is -0.633. The Bertz CT molecular complexity index is 788. The zero-order chi connectivity index (χ0) is 17.1. The van der Waals surface area contributed by atoms with Crippen LogP contribution in [0.4, 0.5) is 5.69 Å². The molecule has 1 amide bonds. The second-order valence-corrected chi connectivity index (χ2v) is 5.91. The molecule has 0 aliphatic rings. The number of pyridine rings is 1. The predicted molar refractivity (Wildman–Crippen MR) is 94.5 cm³/mol. The lowest BCUT2D eigenvalue weighted by molar-refractivity contribution is 0.0950. The molecule has 8 heteroatoms. The van der Waals surface area contributed by atoms with Crippen molar-refractivity contribution in [3.8, 4) is 0 Å². The molecule has 0 atom stereocenters. The van der Waals surface area contributed by atoms with Crippen molar-refractivity contribution in [3.63, 3.8) is 0 Å². The Labute approximate surface area is 148 Å². The molecule has 3 N–H and O–H groups in total. The molecule has 0 unspecified atom stereocenters. The van der Waals surface area contributed by atoms with Gasteiger partial charge in [-0.25, -0.2) is 10.4 Å². The van der Waals surface area contributed by atoms with Gasteiger partial charge in [0, 0.05) is 0 Å². The number of nitrogen functional groups attached to an aromatic ring is 1. The normalized spacial score (nSPS) is 11.4. The topological polar surface area (TPSA) is 80.4 Å². The number of carbonyl (C=O) groups excluding carboxylic acids is 1. The molecular weight excluding hydrogens is 359 g/mol. The van der Waals surface area contributed by atoms with Crippen LogP contribution in [0.25, 0.3) is 0 Å². The number of hydrogen-bond acceptors (Lipinski definition) is 4. The van der Waals surface area contributed by atoms with E-state index in [1.807, 2.05) is 31.2 Å². The van der Waals surface area contributed by atoms with Crippen LogP contribution in [-0.4, -0.2) is 16.6 Å². The first-order valence-corrected chi connectivity index (χ1v) is 7.66. The van der Waals surface area contributed by atoms with Gasteiger partial charge in [0.05, 0.1) is 16.4 Å². The van der Waals surface area contributed by atoms with Gasteiger partial charge in [0.1, 0.15) is 5.02 Å². The molecule has 1 heterocycles. The van der Waals surface area contributed by atoms with Crippen LogP contribution in [0.3, 0.4) is 0 Å². The third kappa shape index (κ3) is 3.93. The first kappa shape index (κ1) is 17.5. The van der Waals surface area contributed by atoms with E-state index in [4.69, 9.17) is 40.5 Å². The molecule has 1 aromatic heterocycles. The van der Waals surface area contributed by atoms with Gasteiger partial charge in [-0.2, -0.15) is 5.10 Å². The number of rotatable bonds is 3. The fourth-order valence-corrected chi connectivity index (χ4v) is 2.32. The Morgan fingerprint density at radius 2 is 1.78 bits per heavy atom. The van der Waals surface area contributed by atoms with Gasteiger partial charge in [-0.15, -0.1) is 0 Å². The molecule has 5 nitrogen and oxygen atoms in total. The summed E-state index contributed by atoms with van der Waals surface area (Å²) in [6.45, 7) is 3.75. The number of aromatic nitrogens is 1. The summed E-state index contributed by atoms with van der Waals surface area (Å²) in [6, 6.07) is 7.72. The Morgan fingerprint density at radius 1 is 1.17 bits per heavy atom. The number of anilines is 1. The Kier molecular flexibility index (Phi) is 5.46. The number of carbonyl (C=O) groups is 1. The SMILES string of the molecule is C/C(=N\NC(=O)c1nc(Cl)c(Cl)c(N)c1Cl)c1ccc(C)cc1. The average Bonchev–Trinajstić information content (AvgIpc) is 2.54. The van der Waals surface area contributed by atoms with E-state index in [0.29, 0.717) is 5.71 Å². The molecule has 0 saturated carbocycles. The monoisotopic (exact) mass is 370 g/mol. The van der Waals surface area contributed by atoms with Gasteiger partial charge in [0.15, 0.2) is 10.8 Å². The average molecular weight is 372 g/mol. The van der Waals surface area contributed by atoms with Crippen molar-refractivity contribution in [2.45, 2.75) is 13.8 Å². The molecule has 2 rings (SSSR count). The minimum absolute atomic E-state index is 0.00211. The van der Waals surface area contributed by atoms with Gasteiger partial charge in [0.2, 0.25) is 0 Å². The fraction of sp³-hybridized carbons (Fsp3) is 0.133. The van der Waals surface area contributed by atoms with E-state index >= 15 is 0 Å². The van der Waals surface area contributed by atoms with Crippen molar-refractivity contribution in [3.05, 3.63) is 56.3 Å². The summed E-state index contributed by atoms with van der Waals surface area (Å²) in [6.07, 6.45) is 0. The maximum atomic E-state index is 12.1. The molecule has 23 heavy (non-hydrogen) atoms. The zero-order valence-corrected chi connectivity index (χ0v) is 14.6. The number of hydrazone groups is 1. The van der Waals surface area contributed by atoms with Gasteiger partial charge >= 0.3 is 0 Å². The molecule has 0 aliphatic carbocycles. The van der Waals surface area contributed by atoms with Gasteiger partial charge < -0.3 is 5.73 Å². The molecule has 0 spiro atoms. The zero-order valence-electron chi connectivity index (χ0n) is 12.3. The summed E-state index contributed by atoms with van der Waals surface area (Å²) in [4.78, 5) is 16.0. The highest BCUT2D eigenvalue weighted by Gasteiger charge is 2.19. The van der Waals surface area contributed by atoms with Crippen LogP contribution in [0.1, 0.15) is 28.5 Å². The molecule has 0 bridgehead atoms. The van der Waals surface area contributed by atoms with Crippen LogP contribution in [-0.2, 0) is 0 Å². The van der Waals surface area contributed by atoms with E-state index in [1.54, 1.807) is 6.92 Å². The second kappa shape index (κ2) is 7.17. The van der Waals surface area contributed by atoms with Crippen LogP contribution < -0.4 is 11.2 Å². The van der Waals surface area contributed by atoms with Crippen molar-refractivity contribution in [2.75, 3.05) is 5.73 Å². The molecule has 2 aromatic rings. The summed E-state index contributed by atoms with van der Waals surface area (Å²) in [5.41, 5.74) is 10.5. The number of hydrogen-bond donors (Lipinski definition) is 2. The van der Waals surface area contributed by atoms with Crippen LogP contribution in [0.5, 0.6) is 0 Å². The van der Waals surface area contributed by atoms with E-state index in [2.05, 4.69) is 15.5 Å². The van der Waals surface area contributed by atoms with E-state index in [1.165, 1.54) is 0 Å². The number of nitrogens with two attached hydrogens (primary N) is 1. The summed E-state index contributed by atoms with van der Waals surface area (Å²) < 4.78 is 0. The van der Waals surface area contributed by atoms with Crippen LogP contribution in [0.2, 0.25) is 15.2 Å². The number of nitrogens with zero attached hydrogens (tertiary/aromatic N) is 2. The lowest BCUT2D eigenvalue weighted by Gasteiger charge is -2.08. The largest absolute Gasteiger partial charge is 0.396 e.